The van der Waals surface area contributed by atoms with Gasteiger partial charge in [-0.15, -0.1) is 0 Å². The van der Waals surface area contributed by atoms with E-state index in [0.29, 0.717) is 10.0 Å². The van der Waals surface area contributed by atoms with Gasteiger partial charge in [-0.2, -0.15) is 5.10 Å². The molecule has 3 aromatic carbocycles. The van der Waals surface area contributed by atoms with E-state index in [1.165, 1.54) is 0 Å². The van der Waals surface area contributed by atoms with E-state index in [0.717, 1.165) is 40.3 Å². The van der Waals surface area contributed by atoms with Crippen LogP contribution >= 0.6 is 23.2 Å². The number of methoxy groups -OCH3 is 1. The van der Waals surface area contributed by atoms with Gasteiger partial charge in [-0.3, -0.25) is 0 Å². The highest BCUT2D eigenvalue weighted by atomic mass is 35.5. The fourth-order valence-electron chi connectivity index (χ4n) is 3.89. The van der Waals surface area contributed by atoms with Crippen molar-refractivity contribution in [2.24, 2.45) is 5.10 Å². The summed E-state index contributed by atoms with van der Waals surface area (Å²) in [4.78, 5) is 0. The van der Waals surface area contributed by atoms with Crippen molar-refractivity contribution >= 4 is 28.9 Å². The third-order valence-electron chi connectivity index (χ3n) is 5.31. The smallest absolute Gasteiger partial charge is 0.214 e. The molecule has 0 aromatic heterocycles. The van der Waals surface area contributed by atoms with Gasteiger partial charge in [0, 0.05) is 27.6 Å². The lowest BCUT2D eigenvalue weighted by Gasteiger charge is -2.38. The lowest BCUT2D eigenvalue weighted by atomic mass is 9.96. The average Bonchev–Trinajstić information content (AvgIpc) is 3.19. The van der Waals surface area contributed by atoms with Gasteiger partial charge in [-0.25, -0.2) is 5.01 Å². The minimum absolute atomic E-state index is 0.0410. The summed E-state index contributed by atoms with van der Waals surface area (Å²) in [6.45, 7) is 0. The number of hydrogen-bond acceptors (Lipinski definition) is 4. The Hall–Kier alpha value is -2.69. The molecule has 0 amide bonds. The maximum Gasteiger partial charge on any atom is 0.214 e. The molecule has 2 atom stereocenters. The molecule has 6 heteroatoms. The van der Waals surface area contributed by atoms with Gasteiger partial charge >= 0.3 is 0 Å². The van der Waals surface area contributed by atoms with Gasteiger partial charge in [-0.05, 0) is 48.0 Å². The number of halogens is 2. The van der Waals surface area contributed by atoms with Crippen molar-refractivity contribution in [1.82, 2.24) is 5.01 Å². The predicted octanol–water partition coefficient (Wildman–Crippen LogP) is 6.24. The van der Waals surface area contributed by atoms with Crippen LogP contribution in [0.25, 0.3) is 0 Å². The summed E-state index contributed by atoms with van der Waals surface area (Å²) < 4.78 is 11.8. The minimum Gasteiger partial charge on any atom is -0.497 e. The minimum atomic E-state index is -0.353. The van der Waals surface area contributed by atoms with Gasteiger partial charge in [0.15, 0.2) is 0 Å². The lowest BCUT2D eigenvalue weighted by Crippen LogP contribution is -2.33. The van der Waals surface area contributed by atoms with Crippen LogP contribution in [0.5, 0.6) is 11.5 Å². The van der Waals surface area contributed by atoms with E-state index >= 15 is 0 Å². The van der Waals surface area contributed by atoms with Crippen LogP contribution in [-0.2, 0) is 0 Å². The van der Waals surface area contributed by atoms with E-state index in [1.807, 2.05) is 71.7 Å². The molecule has 0 aliphatic carbocycles. The Bertz CT molecular complexity index is 1100. The Labute approximate surface area is 179 Å². The van der Waals surface area contributed by atoms with Crippen LogP contribution in [0.2, 0.25) is 10.0 Å². The molecule has 2 aliphatic rings. The molecule has 3 aromatic rings. The van der Waals surface area contributed by atoms with E-state index in [2.05, 4.69) is 0 Å². The van der Waals surface area contributed by atoms with Crippen molar-refractivity contribution in [1.29, 1.82) is 0 Å². The van der Waals surface area contributed by atoms with Crippen molar-refractivity contribution in [3.05, 3.63) is 93.5 Å². The summed E-state index contributed by atoms with van der Waals surface area (Å²) in [6.07, 6.45) is 0.410. The van der Waals surface area contributed by atoms with Crippen molar-refractivity contribution in [2.45, 2.75) is 18.7 Å². The van der Waals surface area contributed by atoms with E-state index in [4.69, 9.17) is 37.8 Å². The van der Waals surface area contributed by atoms with E-state index in [9.17, 15) is 0 Å². The Kier molecular flexibility index (Phi) is 4.61. The molecule has 0 saturated carbocycles. The molecule has 2 aliphatic heterocycles. The molecule has 0 spiro atoms. The zero-order valence-corrected chi connectivity index (χ0v) is 17.2. The first-order valence-corrected chi connectivity index (χ1v) is 10.1. The monoisotopic (exact) mass is 424 g/mol. The first kappa shape index (κ1) is 18.3. The Morgan fingerprint density at radius 1 is 1.00 bits per heavy atom. The first-order valence-electron chi connectivity index (χ1n) is 9.34. The first-order chi connectivity index (χ1) is 14.1. The maximum absolute atomic E-state index is 6.37. The Balaban J connectivity index is 1.60. The van der Waals surface area contributed by atoms with Crippen molar-refractivity contribution in [2.75, 3.05) is 7.11 Å². The molecule has 146 valence electrons. The van der Waals surface area contributed by atoms with Gasteiger partial charge in [0.25, 0.3) is 0 Å². The highest BCUT2D eigenvalue weighted by molar-refractivity contribution is 6.31. The predicted molar refractivity (Wildman–Crippen MR) is 115 cm³/mol. The number of ether oxygens (including phenoxy) is 2. The number of fused-ring (bicyclic) bond motifs is 3. The maximum atomic E-state index is 6.37. The second kappa shape index (κ2) is 7.29. The summed E-state index contributed by atoms with van der Waals surface area (Å²) in [5, 5.41) is 8.37. The van der Waals surface area contributed by atoms with Crippen LogP contribution in [-0.4, -0.2) is 17.8 Å². The van der Waals surface area contributed by atoms with Crippen LogP contribution in [0, 0.1) is 0 Å². The number of hydrazone groups is 1. The van der Waals surface area contributed by atoms with Crippen molar-refractivity contribution in [3.63, 3.8) is 0 Å². The van der Waals surface area contributed by atoms with Crippen LogP contribution < -0.4 is 9.47 Å². The van der Waals surface area contributed by atoms with Gasteiger partial charge in [0.1, 0.15) is 11.5 Å². The molecular formula is C23H18Cl2N2O2. The fourth-order valence-corrected chi connectivity index (χ4v) is 4.20. The van der Waals surface area contributed by atoms with Gasteiger partial charge in [-0.1, -0.05) is 47.5 Å². The quantitative estimate of drug-likeness (QED) is 0.498. The molecule has 29 heavy (non-hydrogen) atoms. The molecular weight excluding hydrogens is 407 g/mol. The van der Waals surface area contributed by atoms with Crippen LogP contribution in [0.1, 0.15) is 35.4 Å². The van der Waals surface area contributed by atoms with Gasteiger partial charge in [0.2, 0.25) is 6.23 Å². The largest absolute Gasteiger partial charge is 0.497 e. The molecule has 0 unspecified atom stereocenters. The van der Waals surface area contributed by atoms with Crippen LogP contribution in [0.15, 0.2) is 71.8 Å². The van der Waals surface area contributed by atoms with Gasteiger partial charge in [0.05, 0.1) is 18.9 Å². The molecule has 4 nitrogen and oxygen atoms in total. The summed E-state index contributed by atoms with van der Waals surface area (Å²) in [7, 11) is 1.66. The lowest BCUT2D eigenvalue weighted by molar-refractivity contribution is -0.0191. The van der Waals surface area contributed by atoms with E-state index in [1.54, 1.807) is 7.11 Å². The topological polar surface area (TPSA) is 34.1 Å². The Morgan fingerprint density at radius 2 is 1.79 bits per heavy atom. The highest BCUT2D eigenvalue weighted by Gasteiger charge is 2.41. The van der Waals surface area contributed by atoms with E-state index in [-0.39, 0.29) is 12.3 Å². The summed E-state index contributed by atoms with van der Waals surface area (Å²) in [5.41, 5.74) is 4.08. The molecule has 0 saturated heterocycles. The highest BCUT2D eigenvalue weighted by Crippen LogP contribution is 2.48. The molecule has 2 heterocycles. The third kappa shape index (κ3) is 3.33. The number of benzene rings is 3. The zero-order chi connectivity index (χ0) is 20.0. The van der Waals surface area contributed by atoms with Crippen molar-refractivity contribution in [3.8, 4) is 11.5 Å². The van der Waals surface area contributed by atoms with Crippen LogP contribution in [0.3, 0.4) is 0 Å². The molecule has 0 N–H and O–H groups in total. The molecule has 5 rings (SSSR count). The van der Waals surface area contributed by atoms with E-state index < -0.39 is 0 Å². The Morgan fingerprint density at radius 3 is 2.59 bits per heavy atom. The second-order valence-electron chi connectivity index (χ2n) is 7.08. The molecule has 0 fully saturated rings. The third-order valence-corrected chi connectivity index (χ3v) is 5.80. The SMILES string of the molecule is COc1cccc([C@@H]2Oc3ccc(Cl)cc3[C@H]3CC(c4ccc(Cl)cc4)=NN32)c1. The zero-order valence-electron chi connectivity index (χ0n) is 15.7. The normalized spacial score (nSPS) is 19.8. The van der Waals surface area contributed by atoms with Crippen molar-refractivity contribution < 1.29 is 9.47 Å². The molecule has 0 radical (unpaired) electrons. The number of hydrogen-bond donors (Lipinski definition) is 0. The van der Waals surface area contributed by atoms with Gasteiger partial charge < -0.3 is 9.47 Å². The summed E-state index contributed by atoms with van der Waals surface area (Å²) >= 11 is 12.3. The van der Waals surface area contributed by atoms with Crippen LogP contribution in [0.4, 0.5) is 0 Å². The second-order valence-corrected chi connectivity index (χ2v) is 7.96. The standard InChI is InChI=1S/C23H18Cl2N2O2/c1-28-18-4-2-3-15(11-18)23-27-21(19-12-17(25)9-10-22(19)29-23)13-20(26-27)14-5-7-16(24)8-6-14/h2-12,21,23H,13H2,1H3/t21-,23+/m1/s1. The summed E-state index contributed by atoms with van der Waals surface area (Å²) in [5.74, 6) is 1.61. The number of nitrogens with zero attached hydrogens (tertiary/aromatic N) is 2. The fraction of sp³-hybridized carbons (Fsp3) is 0.174. The number of rotatable bonds is 3. The average molecular weight is 425 g/mol. The summed E-state index contributed by atoms with van der Waals surface area (Å²) in [6, 6.07) is 21.5. The molecule has 0 bridgehead atoms.